The minimum absolute atomic E-state index is 0.898. The molecule has 1 nitrogen and oxygen atoms in total. The third-order valence-electron chi connectivity index (χ3n) is 1.66. The molecule has 90 valence electrons. The molecule has 0 aliphatic carbocycles. The van der Waals surface area contributed by atoms with Crippen molar-refractivity contribution in [1.29, 1.82) is 0 Å². The van der Waals surface area contributed by atoms with E-state index in [4.69, 9.17) is 5.11 Å². The van der Waals surface area contributed by atoms with Crippen molar-refractivity contribution < 1.29 is 31.4 Å². The first-order chi connectivity index (χ1) is 7.21. The molecule has 0 saturated heterocycles. The lowest BCUT2D eigenvalue weighted by Gasteiger charge is -2.12. The number of phenols is 1. The van der Waals surface area contributed by atoms with Gasteiger partial charge in [-0.1, -0.05) is 25.2 Å². The lowest BCUT2D eigenvalue weighted by atomic mass is 10.1. The van der Waals surface area contributed by atoms with Gasteiger partial charge in [-0.2, -0.15) is 17.6 Å². The Balaban J connectivity index is 3.76. The first kappa shape index (κ1) is 13.3. The molecule has 0 radical (unpaired) electrons. The van der Waals surface area contributed by atoms with Gasteiger partial charge >= 0.3 is 6.18 Å². The maximum atomic E-state index is 13.2. The highest BCUT2D eigenvalue weighted by Crippen LogP contribution is 2.40. The largest absolute Gasteiger partial charge is 0.504 e. The van der Waals surface area contributed by atoms with Gasteiger partial charge < -0.3 is 5.11 Å². The lowest BCUT2D eigenvalue weighted by Crippen LogP contribution is -2.14. The molecule has 0 amide bonds. The predicted octanol–water partition coefficient (Wildman–Crippen LogP) is 3.40. The summed E-state index contributed by atoms with van der Waals surface area (Å²) in [6.45, 7) is 0. The number of halogens is 7. The molecule has 0 aliphatic rings. The molecule has 1 aromatic rings. The van der Waals surface area contributed by atoms with Gasteiger partial charge in [0.05, 0.1) is 3.57 Å². The SMILES string of the molecule is C=Ic1c(O)c(F)c(F)c(C(F)(F)F)c1F. The molecule has 0 bridgehead atoms. The quantitative estimate of drug-likeness (QED) is 0.465. The average Bonchev–Trinajstić information content (AvgIpc) is 2.13. The van der Waals surface area contributed by atoms with Crippen molar-refractivity contribution in [3.63, 3.8) is 0 Å². The minimum atomic E-state index is -5.36. The van der Waals surface area contributed by atoms with Crippen molar-refractivity contribution in [2.45, 2.75) is 6.18 Å². The van der Waals surface area contributed by atoms with Crippen LogP contribution < -0.4 is 0 Å². The van der Waals surface area contributed by atoms with E-state index in [9.17, 15) is 26.3 Å². The van der Waals surface area contributed by atoms with Gasteiger partial charge in [-0.3, -0.25) is 0 Å². The van der Waals surface area contributed by atoms with Gasteiger partial charge in [0.2, 0.25) is 5.82 Å². The minimum Gasteiger partial charge on any atom is -0.504 e. The average molecular weight is 356 g/mol. The highest BCUT2D eigenvalue weighted by molar-refractivity contribution is 14.2. The molecule has 1 aromatic carbocycles. The van der Waals surface area contributed by atoms with Crippen LogP contribution in [0.1, 0.15) is 5.56 Å². The van der Waals surface area contributed by atoms with Crippen LogP contribution in [0.3, 0.4) is 0 Å². The van der Waals surface area contributed by atoms with Crippen LogP contribution in [0.15, 0.2) is 0 Å². The summed E-state index contributed by atoms with van der Waals surface area (Å²) < 4.78 is 77.7. The Morgan fingerprint density at radius 2 is 1.50 bits per heavy atom. The van der Waals surface area contributed by atoms with Crippen molar-refractivity contribution >= 4 is 25.2 Å². The van der Waals surface area contributed by atoms with Crippen molar-refractivity contribution in [2.75, 3.05) is 0 Å². The second-order valence-corrected chi connectivity index (χ2v) is 4.45. The first-order valence-electron chi connectivity index (χ1n) is 3.56. The van der Waals surface area contributed by atoms with Crippen LogP contribution in [-0.4, -0.2) is 9.62 Å². The van der Waals surface area contributed by atoms with Gasteiger partial charge in [0.1, 0.15) is 5.56 Å². The van der Waals surface area contributed by atoms with E-state index >= 15 is 0 Å². The van der Waals surface area contributed by atoms with Gasteiger partial charge in [-0.05, 0) is 0 Å². The van der Waals surface area contributed by atoms with E-state index < -0.39 is 59.2 Å². The molecule has 8 heteroatoms. The molecule has 0 spiro atoms. The van der Waals surface area contributed by atoms with E-state index in [-0.39, 0.29) is 0 Å². The number of hydrogen-bond donors (Lipinski definition) is 1. The molecule has 0 unspecified atom stereocenters. The van der Waals surface area contributed by atoms with Gasteiger partial charge in [0, 0.05) is 0 Å². The monoisotopic (exact) mass is 356 g/mol. The molecular formula is C8H3F6IO. The molecule has 0 heterocycles. The molecule has 16 heavy (non-hydrogen) atoms. The van der Waals surface area contributed by atoms with E-state index in [2.05, 4.69) is 4.51 Å². The maximum Gasteiger partial charge on any atom is 0.422 e. The highest BCUT2D eigenvalue weighted by atomic mass is 127. The van der Waals surface area contributed by atoms with Gasteiger partial charge in [-0.25, -0.2) is 8.78 Å². The van der Waals surface area contributed by atoms with Gasteiger partial charge in [-0.15, -0.1) is 0 Å². The Morgan fingerprint density at radius 1 is 1.00 bits per heavy atom. The number of benzene rings is 1. The lowest BCUT2D eigenvalue weighted by molar-refractivity contribution is -0.142. The summed E-state index contributed by atoms with van der Waals surface area (Å²) in [7, 11) is 0. The Kier molecular flexibility index (Phi) is 3.50. The Hall–Kier alpha value is -0.800. The number of phenolic OH excluding ortho intramolecular Hbond substituents is 1. The molecule has 0 saturated carbocycles. The summed E-state index contributed by atoms with van der Waals surface area (Å²) in [6, 6.07) is 0. The normalized spacial score (nSPS) is 11.9. The molecule has 0 aromatic heterocycles. The smallest absolute Gasteiger partial charge is 0.422 e. The molecule has 0 fully saturated rings. The van der Waals surface area contributed by atoms with Gasteiger partial charge in [0.15, 0.2) is 17.4 Å². The summed E-state index contributed by atoms with van der Waals surface area (Å²) in [4.78, 5) is 0. The zero-order valence-corrected chi connectivity index (χ0v) is 9.46. The summed E-state index contributed by atoms with van der Waals surface area (Å²) in [6.07, 6.45) is -5.36. The molecular weight excluding hydrogens is 353 g/mol. The summed E-state index contributed by atoms with van der Waals surface area (Å²) >= 11 is -1.61. The van der Waals surface area contributed by atoms with E-state index in [0.717, 1.165) is 0 Å². The van der Waals surface area contributed by atoms with Crippen molar-refractivity contribution in [2.24, 2.45) is 0 Å². The van der Waals surface area contributed by atoms with Gasteiger partial charge in [0.25, 0.3) is 0 Å². The molecule has 1 N–H and O–H groups in total. The van der Waals surface area contributed by atoms with E-state index in [1.165, 1.54) is 0 Å². The third kappa shape index (κ3) is 2.02. The van der Waals surface area contributed by atoms with Crippen LogP contribution in [0.5, 0.6) is 5.75 Å². The van der Waals surface area contributed by atoms with E-state index in [0.29, 0.717) is 0 Å². The number of aromatic hydroxyl groups is 1. The summed E-state index contributed by atoms with van der Waals surface area (Å²) in [5.41, 5.74) is -2.33. The number of rotatable bonds is 1. The van der Waals surface area contributed by atoms with Crippen LogP contribution in [0.25, 0.3) is 0 Å². The maximum absolute atomic E-state index is 13.2. The molecule has 1 rings (SSSR count). The predicted molar refractivity (Wildman–Crippen MR) is 52.8 cm³/mol. The summed E-state index contributed by atoms with van der Waals surface area (Å²) in [5.74, 6) is -7.98. The topological polar surface area (TPSA) is 20.2 Å². The fraction of sp³-hybridized carbons (Fsp3) is 0.125. The fourth-order valence-electron chi connectivity index (χ4n) is 0.991. The second kappa shape index (κ2) is 4.22. The van der Waals surface area contributed by atoms with E-state index in [1.54, 1.807) is 0 Å². The van der Waals surface area contributed by atoms with Crippen molar-refractivity contribution in [3.05, 3.63) is 26.6 Å². The van der Waals surface area contributed by atoms with Crippen LogP contribution in [0.4, 0.5) is 26.3 Å². The molecule has 0 atom stereocenters. The second-order valence-electron chi connectivity index (χ2n) is 2.61. The van der Waals surface area contributed by atoms with Crippen molar-refractivity contribution in [1.82, 2.24) is 0 Å². The summed E-state index contributed by atoms with van der Waals surface area (Å²) in [5, 5.41) is 8.91. The first-order valence-corrected chi connectivity index (χ1v) is 6.17. The zero-order valence-electron chi connectivity index (χ0n) is 7.30. The zero-order chi connectivity index (χ0) is 12.7. The Bertz CT molecular complexity index is 453. The standard InChI is InChI=1S/C8H3F6IO/c1-15-6-4(10)2(8(12,13)14)3(9)5(11)7(6)16/h16H,1H2. The third-order valence-corrected chi connectivity index (χ3v) is 3.40. The van der Waals surface area contributed by atoms with Crippen LogP contribution in [0.2, 0.25) is 0 Å². The Morgan fingerprint density at radius 3 is 1.88 bits per heavy atom. The van der Waals surface area contributed by atoms with Crippen LogP contribution in [0, 0.1) is 21.0 Å². The Labute approximate surface area is 95.4 Å². The van der Waals surface area contributed by atoms with E-state index in [1.807, 2.05) is 0 Å². The fourth-order valence-corrected chi connectivity index (χ4v) is 2.19. The number of alkyl halides is 3. The van der Waals surface area contributed by atoms with Crippen LogP contribution in [-0.2, 0) is 6.18 Å². The highest BCUT2D eigenvalue weighted by Gasteiger charge is 2.41. The van der Waals surface area contributed by atoms with Crippen molar-refractivity contribution in [3.8, 4) is 5.75 Å². The molecule has 0 aliphatic heterocycles. The number of hydrogen-bond acceptors (Lipinski definition) is 1. The van der Waals surface area contributed by atoms with Crippen LogP contribution >= 0.6 is 20.7 Å².